The third-order valence-electron chi connectivity index (χ3n) is 9.18. The van der Waals surface area contributed by atoms with Gasteiger partial charge in [-0.3, -0.25) is 19.5 Å². The van der Waals surface area contributed by atoms with E-state index < -0.39 is 0 Å². The highest BCUT2D eigenvalue weighted by Gasteiger charge is 2.43. The van der Waals surface area contributed by atoms with Gasteiger partial charge in [0.05, 0.1) is 11.3 Å². The van der Waals surface area contributed by atoms with Crippen LogP contribution in [0.4, 0.5) is 0 Å². The summed E-state index contributed by atoms with van der Waals surface area (Å²) in [5.74, 6) is 0.736. The number of carbonyl (C=O) groups is 2. The van der Waals surface area contributed by atoms with E-state index >= 15 is 0 Å². The van der Waals surface area contributed by atoms with E-state index in [4.69, 9.17) is 0 Å². The monoisotopic (exact) mass is 502 g/mol. The second-order valence-corrected chi connectivity index (χ2v) is 11.4. The van der Waals surface area contributed by atoms with Crippen LogP contribution in [0.25, 0.3) is 0 Å². The number of hydrogen-bond donors (Lipinski definition) is 0. The predicted octanol–water partition coefficient (Wildman–Crippen LogP) is 4.99. The first-order valence-electron chi connectivity index (χ1n) is 14.2. The lowest BCUT2D eigenvalue weighted by molar-refractivity contribution is -0.137. The molecule has 2 amide bonds. The number of carbonyl (C=O) groups excluding carboxylic acids is 2. The number of nitrogens with zero attached hydrogens (tertiary/aromatic N) is 4. The van der Waals surface area contributed by atoms with Gasteiger partial charge >= 0.3 is 0 Å². The smallest absolute Gasteiger partial charge is 0.255 e. The van der Waals surface area contributed by atoms with Gasteiger partial charge in [0, 0.05) is 56.4 Å². The van der Waals surface area contributed by atoms with Crippen LogP contribution in [0.1, 0.15) is 79.0 Å². The van der Waals surface area contributed by atoms with Crippen LogP contribution in [0, 0.1) is 19.8 Å². The van der Waals surface area contributed by atoms with E-state index in [-0.39, 0.29) is 17.4 Å². The Hall–Kier alpha value is -2.73. The van der Waals surface area contributed by atoms with Crippen molar-refractivity contribution in [2.75, 3.05) is 26.2 Å². The fraction of sp³-hybridized carbons (Fsp3) is 0.581. The molecule has 2 saturated heterocycles. The Morgan fingerprint density at radius 2 is 1.65 bits per heavy atom. The molecule has 3 fully saturated rings. The van der Waals surface area contributed by atoms with Crippen LogP contribution in [-0.2, 0) is 11.3 Å². The molecule has 0 N–H and O–H groups in total. The Morgan fingerprint density at radius 3 is 2.24 bits per heavy atom. The van der Waals surface area contributed by atoms with Gasteiger partial charge in [0.25, 0.3) is 5.91 Å². The molecule has 2 aromatic rings. The number of aromatic nitrogens is 1. The zero-order valence-electron chi connectivity index (χ0n) is 22.8. The van der Waals surface area contributed by atoms with Gasteiger partial charge in [-0.25, -0.2) is 0 Å². The summed E-state index contributed by atoms with van der Waals surface area (Å²) in [4.78, 5) is 37.9. The highest BCUT2D eigenvalue weighted by atomic mass is 16.2. The Morgan fingerprint density at radius 1 is 0.973 bits per heavy atom. The maximum Gasteiger partial charge on any atom is 0.255 e. The molecular weight excluding hydrogens is 460 g/mol. The third-order valence-corrected chi connectivity index (χ3v) is 9.18. The van der Waals surface area contributed by atoms with E-state index in [2.05, 4.69) is 46.0 Å². The van der Waals surface area contributed by atoms with Gasteiger partial charge in [0.15, 0.2) is 0 Å². The van der Waals surface area contributed by atoms with Crippen LogP contribution in [0.2, 0.25) is 0 Å². The number of amides is 2. The van der Waals surface area contributed by atoms with Gasteiger partial charge in [-0.1, -0.05) is 37.3 Å². The summed E-state index contributed by atoms with van der Waals surface area (Å²) in [7, 11) is 0. The van der Waals surface area contributed by atoms with Crippen LogP contribution in [0.15, 0.2) is 42.6 Å². The zero-order valence-corrected chi connectivity index (χ0v) is 22.8. The molecule has 2 aliphatic heterocycles. The van der Waals surface area contributed by atoms with E-state index in [1.54, 1.807) is 6.20 Å². The standard InChI is InChI=1S/C31H42N4O2/c1-4-31(15-20-33(21-16-31)30(37)28-23(2)12-17-32-24(28)3)34-18-13-27(14-19-34)35(29(36)26-10-11-26)22-25-8-6-5-7-9-25/h5-9,12,17,26-27H,4,10-11,13-16,18-22H2,1-3H3. The third kappa shape index (κ3) is 5.45. The highest BCUT2D eigenvalue weighted by molar-refractivity contribution is 5.96. The molecule has 0 unspecified atom stereocenters. The number of rotatable bonds is 7. The van der Waals surface area contributed by atoms with E-state index in [0.717, 1.165) is 94.5 Å². The molecule has 0 bridgehead atoms. The van der Waals surface area contributed by atoms with E-state index in [0.29, 0.717) is 11.9 Å². The maximum absolute atomic E-state index is 13.3. The number of benzene rings is 1. The largest absolute Gasteiger partial charge is 0.338 e. The minimum atomic E-state index is 0.127. The van der Waals surface area contributed by atoms with Crippen molar-refractivity contribution in [2.45, 2.75) is 83.8 Å². The normalized spacial score (nSPS) is 20.6. The van der Waals surface area contributed by atoms with Gasteiger partial charge in [0.2, 0.25) is 5.91 Å². The number of piperidine rings is 2. The van der Waals surface area contributed by atoms with Crippen molar-refractivity contribution in [2.24, 2.45) is 5.92 Å². The number of hydrogen-bond acceptors (Lipinski definition) is 4. The Labute approximate surface area is 222 Å². The van der Waals surface area contributed by atoms with Crippen LogP contribution in [0.3, 0.4) is 0 Å². The highest BCUT2D eigenvalue weighted by Crippen LogP contribution is 2.37. The molecule has 37 heavy (non-hydrogen) atoms. The second-order valence-electron chi connectivity index (χ2n) is 11.4. The van der Waals surface area contributed by atoms with Crippen LogP contribution >= 0.6 is 0 Å². The fourth-order valence-electron chi connectivity index (χ4n) is 6.58. The molecule has 1 saturated carbocycles. The average Bonchev–Trinajstić information content (AvgIpc) is 3.78. The topological polar surface area (TPSA) is 56.8 Å². The van der Waals surface area contributed by atoms with E-state index in [1.165, 1.54) is 5.56 Å². The molecule has 6 heteroatoms. The predicted molar refractivity (Wildman–Crippen MR) is 146 cm³/mol. The molecular formula is C31H42N4O2. The van der Waals surface area contributed by atoms with Crippen molar-refractivity contribution >= 4 is 11.8 Å². The van der Waals surface area contributed by atoms with Crippen LogP contribution in [-0.4, -0.2) is 69.3 Å². The molecule has 0 spiro atoms. The quantitative estimate of drug-likeness (QED) is 0.536. The maximum atomic E-state index is 13.3. The fourth-order valence-corrected chi connectivity index (χ4v) is 6.58. The summed E-state index contributed by atoms with van der Waals surface area (Å²) in [6, 6.07) is 12.7. The number of aryl methyl sites for hydroxylation is 2. The Kier molecular flexibility index (Phi) is 7.66. The Bertz CT molecular complexity index is 1080. The molecule has 1 aromatic carbocycles. The SMILES string of the molecule is CCC1(N2CCC(N(Cc3ccccc3)C(=O)C3CC3)CC2)CCN(C(=O)c2c(C)ccnc2C)CC1. The lowest BCUT2D eigenvalue weighted by Crippen LogP contribution is -2.59. The first kappa shape index (κ1) is 25.9. The summed E-state index contributed by atoms with van der Waals surface area (Å²) in [6.07, 6.45) is 9.06. The summed E-state index contributed by atoms with van der Waals surface area (Å²) in [6.45, 7) is 10.6. The molecule has 5 rings (SSSR count). The van der Waals surface area contributed by atoms with Gasteiger partial charge in [-0.15, -0.1) is 0 Å². The lowest BCUT2D eigenvalue weighted by atomic mass is 9.81. The van der Waals surface area contributed by atoms with Crippen molar-refractivity contribution in [3.63, 3.8) is 0 Å². The minimum absolute atomic E-state index is 0.127. The van der Waals surface area contributed by atoms with Gasteiger partial charge in [0.1, 0.15) is 0 Å². The van der Waals surface area contributed by atoms with Gasteiger partial charge < -0.3 is 9.80 Å². The van der Waals surface area contributed by atoms with E-state index in [9.17, 15) is 9.59 Å². The van der Waals surface area contributed by atoms with Crippen molar-refractivity contribution in [3.05, 3.63) is 65.0 Å². The molecule has 0 atom stereocenters. The van der Waals surface area contributed by atoms with Crippen molar-refractivity contribution < 1.29 is 9.59 Å². The van der Waals surface area contributed by atoms with Crippen molar-refractivity contribution in [1.82, 2.24) is 19.7 Å². The minimum Gasteiger partial charge on any atom is -0.338 e. The van der Waals surface area contributed by atoms with Crippen LogP contribution in [0.5, 0.6) is 0 Å². The molecule has 198 valence electrons. The molecule has 6 nitrogen and oxygen atoms in total. The Balaban J connectivity index is 1.22. The lowest BCUT2D eigenvalue weighted by Gasteiger charge is -2.52. The van der Waals surface area contributed by atoms with E-state index in [1.807, 2.05) is 30.9 Å². The zero-order chi connectivity index (χ0) is 26.0. The van der Waals surface area contributed by atoms with Crippen LogP contribution < -0.4 is 0 Å². The molecule has 1 aromatic heterocycles. The average molecular weight is 503 g/mol. The summed E-state index contributed by atoms with van der Waals surface area (Å²) in [5, 5.41) is 0. The van der Waals surface area contributed by atoms with Crippen molar-refractivity contribution in [1.29, 1.82) is 0 Å². The second kappa shape index (κ2) is 10.9. The summed E-state index contributed by atoms with van der Waals surface area (Å²) < 4.78 is 0. The summed E-state index contributed by atoms with van der Waals surface area (Å²) >= 11 is 0. The summed E-state index contributed by atoms with van der Waals surface area (Å²) in [5.41, 5.74) is 3.96. The van der Waals surface area contributed by atoms with Crippen molar-refractivity contribution in [3.8, 4) is 0 Å². The first-order valence-corrected chi connectivity index (χ1v) is 14.2. The molecule has 3 aliphatic rings. The number of pyridine rings is 1. The van der Waals surface area contributed by atoms with Gasteiger partial charge in [-0.05, 0) is 76.0 Å². The molecule has 1 aliphatic carbocycles. The first-order chi connectivity index (χ1) is 17.9. The number of likely N-dealkylation sites (tertiary alicyclic amines) is 2. The molecule has 0 radical (unpaired) electrons. The molecule has 3 heterocycles. The van der Waals surface area contributed by atoms with Gasteiger partial charge in [-0.2, -0.15) is 0 Å².